The highest BCUT2D eigenvalue weighted by Crippen LogP contribution is 2.59. The van der Waals surface area contributed by atoms with E-state index in [0.717, 1.165) is 5.56 Å². The molecule has 8 rings (SSSR count). The second kappa shape index (κ2) is 10.0. The number of carbonyl (C=O) groups excluding carboxylic acids is 3. The van der Waals surface area contributed by atoms with Gasteiger partial charge in [0, 0.05) is 18.2 Å². The highest BCUT2D eigenvalue weighted by molar-refractivity contribution is 6.10. The predicted octanol–water partition coefficient (Wildman–Crippen LogP) is 5.26. The van der Waals surface area contributed by atoms with E-state index in [1.807, 2.05) is 12.1 Å². The van der Waals surface area contributed by atoms with Crippen LogP contribution in [0.4, 0.5) is 24.7 Å². The number of methoxy groups -OCH3 is 1. The smallest absolute Gasteiger partial charge is 0.346 e. The van der Waals surface area contributed by atoms with Gasteiger partial charge in [-0.2, -0.15) is 4.98 Å². The maximum Gasteiger partial charge on any atom is 0.346 e. The Kier molecular flexibility index (Phi) is 6.44. The number of benzene rings is 2. The molecule has 2 aromatic carbocycles. The summed E-state index contributed by atoms with van der Waals surface area (Å²) in [7, 11) is 1.44. The predicted molar refractivity (Wildman–Crippen MR) is 154 cm³/mol. The highest BCUT2D eigenvalue weighted by atomic mass is 19.3. The lowest BCUT2D eigenvalue weighted by molar-refractivity contribution is -0.889. The number of carbonyl (C=O) groups is 3. The van der Waals surface area contributed by atoms with Crippen LogP contribution in [-0.2, 0) is 14.4 Å². The van der Waals surface area contributed by atoms with Gasteiger partial charge in [-0.25, -0.2) is 22.4 Å². The summed E-state index contributed by atoms with van der Waals surface area (Å²) in [5.74, 6) is -4.73. The average Bonchev–Trinajstić information content (AvgIpc) is 3.31. The molecule has 4 atom stereocenters. The fraction of sp³-hybridized carbons (Fsp3) is 0.333. The monoisotopic (exact) mass is 603 g/mol. The zero-order chi connectivity index (χ0) is 31.0. The fourth-order valence-electron chi connectivity index (χ4n) is 7.42. The van der Waals surface area contributed by atoms with Crippen molar-refractivity contribution in [3.63, 3.8) is 0 Å². The van der Waals surface area contributed by atoms with E-state index in [1.165, 1.54) is 41.2 Å². The highest BCUT2D eigenvalue weighted by Gasteiger charge is 2.70. The van der Waals surface area contributed by atoms with Gasteiger partial charge in [0.1, 0.15) is 41.9 Å². The van der Waals surface area contributed by atoms with E-state index in [-0.39, 0.29) is 53.1 Å². The Balaban J connectivity index is 1.38. The van der Waals surface area contributed by atoms with Crippen LogP contribution in [0.1, 0.15) is 48.8 Å². The molecule has 1 aliphatic carbocycles. The van der Waals surface area contributed by atoms with Gasteiger partial charge in [-0.15, -0.1) is 0 Å². The van der Waals surface area contributed by atoms with Gasteiger partial charge in [0.15, 0.2) is 6.04 Å². The molecule has 8 nitrogen and oxygen atoms in total. The molecule has 11 heteroatoms. The van der Waals surface area contributed by atoms with E-state index in [1.54, 1.807) is 30.3 Å². The zero-order valence-electron chi connectivity index (χ0n) is 24.0. The maximum atomic E-state index is 14.9. The van der Waals surface area contributed by atoms with Crippen molar-refractivity contribution in [1.29, 1.82) is 0 Å². The second-order valence-corrected chi connectivity index (χ2v) is 11.9. The van der Waals surface area contributed by atoms with Gasteiger partial charge in [0.05, 0.1) is 20.0 Å². The van der Waals surface area contributed by atoms with E-state index < -0.39 is 54.5 Å². The summed E-state index contributed by atoms with van der Waals surface area (Å²) < 4.78 is 48.1. The van der Waals surface area contributed by atoms with Crippen molar-refractivity contribution >= 4 is 29.2 Å². The normalized spacial score (nSPS) is 27.2. The molecule has 0 spiro atoms. The Morgan fingerprint density at radius 3 is 2.48 bits per heavy atom. The number of alkyl halides is 2. The Morgan fingerprint density at radius 1 is 1.07 bits per heavy atom. The quantitative estimate of drug-likeness (QED) is 0.359. The minimum absolute atomic E-state index is 0.0531. The summed E-state index contributed by atoms with van der Waals surface area (Å²) in [6.07, 6.45) is -0.742. The molecule has 3 fully saturated rings. The molecule has 1 saturated carbocycles. The first-order valence-electron chi connectivity index (χ1n) is 14.6. The first-order valence-corrected chi connectivity index (χ1v) is 14.6. The molecule has 4 aliphatic heterocycles. The molecular weight excluding hydrogens is 573 g/mol. The Labute approximate surface area is 251 Å². The van der Waals surface area contributed by atoms with Crippen LogP contribution < -0.4 is 14.5 Å². The molecule has 5 aliphatic rings. The molecule has 0 N–H and O–H groups in total. The molecule has 1 aromatic heterocycles. The van der Waals surface area contributed by atoms with Crippen LogP contribution in [0.15, 0.2) is 79.0 Å². The molecule has 5 heterocycles. The fourth-order valence-corrected chi connectivity index (χ4v) is 7.42. The number of hydrogen-bond acceptors (Lipinski definition) is 5. The van der Waals surface area contributed by atoms with E-state index in [0.29, 0.717) is 11.3 Å². The number of anilines is 2. The SMILES string of the molecule is C=C1C2C[N+]1(C1CC(F)(F)C1)C(=O)C(N(C(=O)C1CCC(=O)N1c1cccc(OC)n1)c1cccc(F)c1)c1ccccc12. The number of halogens is 3. The number of fused-ring (bicyclic) bond motifs is 1. The van der Waals surface area contributed by atoms with Crippen molar-refractivity contribution in [2.75, 3.05) is 23.5 Å². The lowest BCUT2D eigenvalue weighted by Crippen LogP contribution is -2.73. The van der Waals surface area contributed by atoms with E-state index in [4.69, 9.17) is 4.74 Å². The number of quaternary nitrogens is 1. The molecule has 3 amide bonds. The Hall–Kier alpha value is -4.51. The van der Waals surface area contributed by atoms with E-state index >= 15 is 0 Å². The first-order chi connectivity index (χ1) is 21.1. The van der Waals surface area contributed by atoms with Crippen LogP contribution in [0.5, 0.6) is 5.88 Å². The number of amides is 3. The van der Waals surface area contributed by atoms with E-state index in [9.17, 15) is 27.6 Å². The molecular formula is C33H30F3N4O4+. The lowest BCUT2D eigenvalue weighted by Gasteiger charge is -2.56. The second-order valence-electron chi connectivity index (χ2n) is 11.9. The summed E-state index contributed by atoms with van der Waals surface area (Å²) in [5.41, 5.74) is 1.94. The average molecular weight is 604 g/mol. The van der Waals surface area contributed by atoms with Crippen molar-refractivity contribution in [2.45, 2.75) is 55.6 Å². The summed E-state index contributed by atoms with van der Waals surface area (Å²) in [6.45, 7) is 4.49. The van der Waals surface area contributed by atoms with Crippen LogP contribution in [0.3, 0.4) is 0 Å². The number of ether oxygens (including phenoxy) is 1. The Bertz CT molecular complexity index is 1720. The Morgan fingerprint density at radius 2 is 1.80 bits per heavy atom. The largest absolute Gasteiger partial charge is 0.481 e. The number of pyridine rings is 1. The third-order valence-electron chi connectivity index (χ3n) is 9.61. The van der Waals surface area contributed by atoms with Gasteiger partial charge >= 0.3 is 5.91 Å². The number of aromatic nitrogens is 1. The topological polar surface area (TPSA) is 79.8 Å². The van der Waals surface area contributed by atoms with Gasteiger partial charge in [-0.1, -0.05) is 36.4 Å². The van der Waals surface area contributed by atoms with Gasteiger partial charge in [-0.3, -0.25) is 19.4 Å². The van der Waals surface area contributed by atoms with Crippen LogP contribution in [0.25, 0.3) is 0 Å². The molecule has 2 bridgehead atoms. The molecule has 226 valence electrons. The van der Waals surface area contributed by atoms with Crippen LogP contribution in [0, 0.1) is 5.82 Å². The summed E-state index contributed by atoms with van der Waals surface area (Å²) >= 11 is 0. The minimum Gasteiger partial charge on any atom is -0.481 e. The number of hydrogen-bond donors (Lipinski definition) is 0. The lowest BCUT2D eigenvalue weighted by atomic mass is 9.76. The van der Waals surface area contributed by atoms with Gasteiger partial charge in [-0.05, 0) is 48.4 Å². The molecule has 2 saturated heterocycles. The summed E-state index contributed by atoms with van der Waals surface area (Å²) in [6, 6.07) is 14.4. The number of nitrogens with zero attached hydrogens (tertiary/aromatic N) is 4. The first kappa shape index (κ1) is 28.3. The molecule has 3 aromatic rings. The number of rotatable bonds is 6. The zero-order valence-corrected chi connectivity index (χ0v) is 24.0. The molecule has 0 radical (unpaired) electrons. The van der Waals surface area contributed by atoms with Crippen molar-refractivity contribution in [1.82, 2.24) is 4.98 Å². The standard InChI is InChI=1S/C33H30F3N4O4/c1-19-25-18-40(19,22-16-33(35,36)17-22)32(43)30(24-10-4-3-9-23(24)25)38(21-8-5-7-20(34)15-21)31(42)26-13-14-29(41)39(26)27-11-6-12-28(37-27)44-2/h3-12,15,22,25-26,30H,1,13-14,16-18H2,2H3/q+1. The molecule has 44 heavy (non-hydrogen) atoms. The van der Waals surface area contributed by atoms with Crippen molar-refractivity contribution in [3.05, 3.63) is 96.0 Å². The van der Waals surface area contributed by atoms with Gasteiger partial charge < -0.3 is 4.74 Å². The van der Waals surface area contributed by atoms with Gasteiger partial charge in [0.25, 0.3) is 11.8 Å². The summed E-state index contributed by atoms with van der Waals surface area (Å²) in [5, 5.41) is 0. The van der Waals surface area contributed by atoms with E-state index in [2.05, 4.69) is 11.6 Å². The summed E-state index contributed by atoms with van der Waals surface area (Å²) in [4.78, 5) is 49.9. The van der Waals surface area contributed by atoms with Crippen molar-refractivity contribution < 1.29 is 36.8 Å². The van der Waals surface area contributed by atoms with Gasteiger partial charge in [0.2, 0.25) is 11.8 Å². The maximum absolute atomic E-state index is 14.9. The van der Waals surface area contributed by atoms with Crippen LogP contribution in [-0.4, -0.2) is 58.8 Å². The molecule has 4 unspecified atom stereocenters. The van der Waals surface area contributed by atoms with Crippen LogP contribution >= 0.6 is 0 Å². The minimum atomic E-state index is -2.88. The third kappa shape index (κ3) is 4.09. The van der Waals surface area contributed by atoms with Crippen molar-refractivity contribution in [2.24, 2.45) is 0 Å². The van der Waals surface area contributed by atoms with Crippen molar-refractivity contribution in [3.8, 4) is 5.88 Å². The third-order valence-corrected chi connectivity index (χ3v) is 9.61. The van der Waals surface area contributed by atoms with Crippen LogP contribution in [0.2, 0.25) is 0 Å².